The van der Waals surface area contributed by atoms with Crippen LogP contribution in [0.25, 0.3) is 0 Å². The standard InChI is InChI=1S/C16H25Cl2N3/c1-3-12-11-20(4-2)8-9-21(12)15(10-19)16-13(17)6-5-7-14(16)18/h5-7,12,15H,3-4,8-11,19H2,1-2H3. The molecule has 2 unspecified atom stereocenters. The van der Waals surface area contributed by atoms with Crippen LogP contribution in [0.2, 0.25) is 10.0 Å². The predicted molar refractivity (Wildman–Crippen MR) is 91.2 cm³/mol. The van der Waals surface area contributed by atoms with Gasteiger partial charge in [0.05, 0.1) is 6.04 Å². The monoisotopic (exact) mass is 329 g/mol. The Morgan fingerprint density at radius 1 is 1.24 bits per heavy atom. The average molecular weight is 330 g/mol. The molecule has 0 aromatic heterocycles. The second kappa shape index (κ2) is 7.80. The first-order valence-electron chi connectivity index (χ1n) is 7.74. The zero-order valence-electron chi connectivity index (χ0n) is 12.9. The minimum Gasteiger partial charge on any atom is -0.329 e. The van der Waals surface area contributed by atoms with Gasteiger partial charge in [0, 0.05) is 47.8 Å². The lowest BCUT2D eigenvalue weighted by atomic mass is 9.99. The molecule has 0 aliphatic carbocycles. The third-order valence-corrected chi connectivity index (χ3v) is 5.15. The van der Waals surface area contributed by atoms with Crippen molar-refractivity contribution in [3.05, 3.63) is 33.8 Å². The van der Waals surface area contributed by atoms with Gasteiger partial charge in [0.15, 0.2) is 0 Å². The van der Waals surface area contributed by atoms with Gasteiger partial charge in [0.2, 0.25) is 0 Å². The Hall–Kier alpha value is -0.320. The topological polar surface area (TPSA) is 32.5 Å². The van der Waals surface area contributed by atoms with Crippen LogP contribution >= 0.6 is 23.2 Å². The fourth-order valence-electron chi connectivity index (χ4n) is 3.24. The Kier molecular flexibility index (Phi) is 6.33. The van der Waals surface area contributed by atoms with Gasteiger partial charge in [-0.1, -0.05) is 43.1 Å². The molecule has 1 aromatic carbocycles. The largest absolute Gasteiger partial charge is 0.329 e. The molecule has 21 heavy (non-hydrogen) atoms. The van der Waals surface area contributed by atoms with Crippen molar-refractivity contribution in [1.82, 2.24) is 9.80 Å². The van der Waals surface area contributed by atoms with Crippen LogP contribution in [0.4, 0.5) is 0 Å². The molecule has 1 saturated heterocycles. The summed E-state index contributed by atoms with van der Waals surface area (Å²) < 4.78 is 0. The molecule has 2 N–H and O–H groups in total. The van der Waals surface area contributed by atoms with Gasteiger partial charge in [-0.25, -0.2) is 0 Å². The van der Waals surface area contributed by atoms with E-state index in [2.05, 4.69) is 23.6 Å². The summed E-state index contributed by atoms with van der Waals surface area (Å²) in [6.45, 7) is 9.26. The highest BCUT2D eigenvalue weighted by Crippen LogP contribution is 2.35. The van der Waals surface area contributed by atoms with E-state index in [4.69, 9.17) is 28.9 Å². The molecule has 1 aliphatic rings. The van der Waals surface area contributed by atoms with Crippen LogP contribution in [-0.4, -0.2) is 48.6 Å². The van der Waals surface area contributed by atoms with Crippen molar-refractivity contribution in [1.29, 1.82) is 0 Å². The average Bonchev–Trinajstić information content (AvgIpc) is 2.50. The molecule has 118 valence electrons. The third-order valence-electron chi connectivity index (χ3n) is 4.49. The summed E-state index contributed by atoms with van der Waals surface area (Å²) in [5, 5.41) is 1.43. The van der Waals surface area contributed by atoms with E-state index >= 15 is 0 Å². The fourth-order valence-corrected chi connectivity index (χ4v) is 3.89. The van der Waals surface area contributed by atoms with E-state index in [9.17, 15) is 0 Å². The van der Waals surface area contributed by atoms with E-state index in [1.54, 1.807) is 0 Å². The molecule has 2 rings (SSSR count). The molecule has 1 aromatic rings. The Balaban J connectivity index is 2.28. The van der Waals surface area contributed by atoms with Crippen molar-refractivity contribution in [3.8, 4) is 0 Å². The summed E-state index contributed by atoms with van der Waals surface area (Å²) in [4.78, 5) is 4.98. The molecule has 5 heteroatoms. The molecular weight excluding hydrogens is 305 g/mol. The third kappa shape index (κ3) is 3.72. The van der Waals surface area contributed by atoms with Gasteiger partial charge in [-0.3, -0.25) is 4.90 Å². The maximum atomic E-state index is 6.39. The Labute approximate surface area is 138 Å². The van der Waals surface area contributed by atoms with Crippen molar-refractivity contribution >= 4 is 23.2 Å². The number of hydrogen-bond donors (Lipinski definition) is 1. The lowest BCUT2D eigenvalue weighted by Crippen LogP contribution is -2.54. The Bertz CT molecular complexity index is 447. The molecule has 2 atom stereocenters. The first kappa shape index (κ1) is 17.0. The van der Waals surface area contributed by atoms with E-state index in [1.807, 2.05) is 18.2 Å². The zero-order valence-corrected chi connectivity index (χ0v) is 14.4. The van der Waals surface area contributed by atoms with Crippen LogP contribution < -0.4 is 5.73 Å². The highest BCUT2D eigenvalue weighted by atomic mass is 35.5. The van der Waals surface area contributed by atoms with Gasteiger partial charge in [-0.05, 0) is 25.1 Å². The van der Waals surface area contributed by atoms with E-state index < -0.39 is 0 Å². The first-order chi connectivity index (χ1) is 10.1. The predicted octanol–water partition coefficient (Wildman–Crippen LogP) is 3.41. The van der Waals surface area contributed by atoms with E-state index in [0.717, 1.165) is 38.2 Å². The molecular formula is C16H25Cl2N3. The minimum atomic E-state index is 0.0927. The molecule has 3 nitrogen and oxygen atoms in total. The van der Waals surface area contributed by atoms with Crippen LogP contribution in [0.3, 0.4) is 0 Å². The number of rotatable bonds is 5. The fraction of sp³-hybridized carbons (Fsp3) is 0.625. The quantitative estimate of drug-likeness (QED) is 0.898. The van der Waals surface area contributed by atoms with Crippen molar-refractivity contribution in [3.63, 3.8) is 0 Å². The number of nitrogens with two attached hydrogens (primary N) is 1. The molecule has 1 heterocycles. The minimum absolute atomic E-state index is 0.0927. The van der Waals surface area contributed by atoms with Crippen LogP contribution in [0, 0.1) is 0 Å². The van der Waals surface area contributed by atoms with E-state index in [-0.39, 0.29) is 6.04 Å². The highest BCUT2D eigenvalue weighted by molar-refractivity contribution is 6.36. The van der Waals surface area contributed by atoms with E-state index in [1.165, 1.54) is 0 Å². The first-order valence-corrected chi connectivity index (χ1v) is 8.50. The van der Waals surface area contributed by atoms with Crippen LogP contribution in [0.1, 0.15) is 31.9 Å². The van der Waals surface area contributed by atoms with Crippen LogP contribution in [0.15, 0.2) is 18.2 Å². The summed E-state index contributed by atoms with van der Waals surface area (Å²) in [7, 11) is 0. The summed E-state index contributed by atoms with van der Waals surface area (Å²) in [5.41, 5.74) is 7.06. The number of halogens is 2. The number of nitrogens with zero attached hydrogens (tertiary/aromatic N) is 2. The summed E-state index contributed by atoms with van der Waals surface area (Å²) in [6, 6.07) is 6.27. The molecule has 0 radical (unpaired) electrons. The smallest absolute Gasteiger partial charge is 0.0504 e. The van der Waals surface area contributed by atoms with Gasteiger partial charge >= 0.3 is 0 Å². The Morgan fingerprint density at radius 2 is 1.90 bits per heavy atom. The van der Waals surface area contributed by atoms with Crippen molar-refractivity contribution in [2.75, 3.05) is 32.7 Å². The van der Waals surface area contributed by atoms with E-state index in [0.29, 0.717) is 22.6 Å². The number of benzene rings is 1. The van der Waals surface area contributed by atoms with Crippen molar-refractivity contribution in [2.24, 2.45) is 5.73 Å². The van der Waals surface area contributed by atoms with Crippen molar-refractivity contribution < 1.29 is 0 Å². The molecule has 1 aliphatic heterocycles. The van der Waals surface area contributed by atoms with Gasteiger partial charge in [-0.15, -0.1) is 0 Å². The van der Waals surface area contributed by atoms with Gasteiger partial charge < -0.3 is 10.6 Å². The number of likely N-dealkylation sites (N-methyl/N-ethyl adjacent to an activating group) is 1. The van der Waals surface area contributed by atoms with Crippen molar-refractivity contribution in [2.45, 2.75) is 32.4 Å². The lowest BCUT2D eigenvalue weighted by molar-refractivity contribution is 0.0428. The summed E-state index contributed by atoms with van der Waals surface area (Å²) in [6.07, 6.45) is 1.11. The second-order valence-corrected chi connectivity index (χ2v) is 6.39. The highest BCUT2D eigenvalue weighted by Gasteiger charge is 2.32. The Morgan fingerprint density at radius 3 is 2.43 bits per heavy atom. The summed E-state index contributed by atoms with van der Waals surface area (Å²) >= 11 is 12.8. The molecule has 0 spiro atoms. The van der Waals surface area contributed by atoms with Crippen LogP contribution in [-0.2, 0) is 0 Å². The molecule has 0 amide bonds. The maximum absolute atomic E-state index is 6.39. The SMILES string of the molecule is CCC1CN(CC)CCN1C(CN)c1c(Cl)cccc1Cl. The van der Waals surface area contributed by atoms with Crippen LogP contribution in [0.5, 0.6) is 0 Å². The second-order valence-electron chi connectivity index (χ2n) is 5.58. The maximum Gasteiger partial charge on any atom is 0.0504 e. The normalized spacial score (nSPS) is 22.4. The molecule has 0 saturated carbocycles. The number of piperazine rings is 1. The molecule has 1 fully saturated rings. The van der Waals surface area contributed by atoms with Gasteiger partial charge in [0.1, 0.15) is 0 Å². The molecule has 0 bridgehead atoms. The number of hydrogen-bond acceptors (Lipinski definition) is 3. The van der Waals surface area contributed by atoms with Gasteiger partial charge in [-0.2, -0.15) is 0 Å². The zero-order chi connectivity index (χ0) is 15.4. The van der Waals surface area contributed by atoms with Gasteiger partial charge in [0.25, 0.3) is 0 Å². The summed E-state index contributed by atoms with van der Waals surface area (Å²) in [5.74, 6) is 0. The lowest BCUT2D eigenvalue weighted by Gasteiger charge is -2.45.